The van der Waals surface area contributed by atoms with Crippen molar-refractivity contribution in [3.8, 4) is 0 Å². The van der Waals surface area contributed by atoms with E-state index in [1.165, 1.54) is 10.9 Å². The molecule has 2 aromatic rings. The summed E-state index contributed by atoms with van der Waals surface area (Å²) in [7, 11) is 0. The maximum Gasteiger partial charge on any atom is 0.163 e. The molecule has 1 aliphatic carbocycles. The first-order valence-electron chi connectivity index (χ1n) is 5.40. The number of Topliss-reactive ketones (excluding diaryl/α,β-unsaturated/α-hetero) is 1. The second kappa shape index (κ2) is 3.20. The van der Waals surface area contributed by atoms with Gasteiger partial charge in [-0.1, -0.05) is 36.4 Å². The van der Waals surface area contributed by atoms with E-state index < -0.39 is 0 Å². The summed E-state index contributed by atoms with van der Waals surface area (Å²) < 4.78 is 0. The zero-order chi connectivity index (χ0) is 10.3. The van der Waals surface area contributed by atoms with E-state index in [0.29, 0.717) is 12.2 Å². The van der Waals surface area contributed by atoms with Crippen molar-refractivity contribution >= 4 is 16.6 Å². The molecule has 0 unspecified atom stereocenters. The van der Waals surface area contributed by atoms with Gasteiger partial charge in [0, 0.05) is 12.0 Å². The molecule has 1 nitrogen and oxygen atoms in total. The highest BCUT2D eigenvalue weighted by Gasteiger charge is 2.18. The number of hydrogen-bond donors (Lipinski definition) is 0. The zero-order valence-electron chi connectivity index (χ0n) is 8.49. The highest BCUT2D eigenvalue weighted by molar-refractivity contribution is 6.10. The smallest absolute Gasteiger partial charge is 0.163 e. The topological polar surface area (TPSA) is 17.1 Å². The maximum atomic E-state index is 11.9. The first kappa shape index (κ1) is 8.66. The summed E-state index contributed by atoms with van der Waals surface area (Å²) in [5.74, 6) is 0.313. The first-order valence-corrected chi connectivity index (χ1v) is 5.40. The molecule has 3 rings (SSSR count). The Morgan fingerprint density at radius 2 is 1.80 bits per heavy atom. The van der Waals surface area contributed by atoms with Gasteiger partial charge in [-0.25, -0.2) is 0 Å². The van der Waals surface area contributed by atoms with Crippen LogP contribution in [0.15, 0.2) is 36.4 Å². The van der Waals surface area contributed by atoms with Crippen molar-refractivity contribution in [3.63, 3.8) is 0 Å². The van der Waals surface area contributed by atoms with E-state index in [4.69, 9.17) is 0 Å². The van der Waals surface area contributed by atoms with Crippen molar-refractivity contribution < 1.29 is 4.79 Å². The number of hydrogen-bond acceptors (Lipinski definition) is 1. The van der Waals surface area contributed by atoms with Gasteiger partial charge in [0.15, 0.2) is 5.78 Å². The number of fused-ring (bicyclic) bond motifs is 3. The van der Waals surface area contributed by atoms with Crippen molar-refractivity contribution in [3.05, 3.63) is 47.5 Å². The Morgan fingerprint density at radius 1 is 0.933 bits per heavy atom. The Balaban J connectivity index is 2.40. The highest BCUT2D eigenvalue weighted by atomic mass is 16.1. The number of rotatable bonds is 0. The molecule has 0 saturated carbocycles. The van der Waals surface area contributed by atoms with Gasteiger partial charge in [-0.05, 0) is 29.2 Å². The van der Waals surface area contributed by atoms with E-state index in [-0.39, 0.29) is 0 Å². The van der Waals surface area contributed by atoms with Gasteiger partial charge in [-0.3, -0.25) is 4.79 Å². The molecule has 0 fully saturated rings. The molecule has 0 N–H and O–H groups in total. The fourth-order valence-corrected chi connectivity index (χ4v) is 2.42. The molecule has 15 heavy (non-hydrogen) atoms. The average molecular weight is 196 g/mol. The van der Waals surface area contributed by atoms with Crippen LogP contribution in [0, 0.1) is 0 Å². The summed E-state index contributed by atoms with van der Waals surface area (Å²) in [4.78, 5) is 11.9. The Bertz CT molecular complexity index is 540. The van der Waals surface area contributed by atoms with Crippen molar-refractivity contribution in [2.45, 2.75) is 19.3 Å². The molecule has 0 radical (unpaired) electrons. The number of aryl methyl sites for hydroxylation is 1. The van der Waals surface area contributed by atoms with Gasteiger partial charge in [0.25, 0.3) is 0 Å². The predicted octanol–water partition coefficient (Wildman–Crippen LogP) is 3.36. The number of ketones is 1. The van der Waals surface area contributed by atoms with E-state index in [2.05, 4.69) is 24.3 Å². The Morgan fingerprint density at radius 3 is 2.73 bits per heavy atom. The molecular formula is C14H12O. The van der Waals surface area contributed by atoms with Gasteiger partial charge in [0.2, 0.25) is 0 Å². The molecule has 0 amide bonds. The quantitative estimate of drug-likeness (QED) is 0.631. The van der Waals surface area contributed by atoms with Crippen LogP contribution in [-0.4, -0.2) is 5.78 Å². The number of benzene rings is 2. The van der Waals surface area contributed by atoms with Gasteiger partial charge >= 0.3 is 0 Å². The van der Waals surface area contributed by atoms with Crippen LogP contribution >= 0.6 is 0 Å². The highest BCUT2D eigenvalue weighted by Crippen LogP contribution is 2.28. The lowest BCUT2D eigenvalue weighted by atomic mass is 9.87. The Hall–Kier alpha value is -1.63. The monoisotopic (exact) mass is 196 g/mol. The largest absolute Gasteiger partial charge is 0.294 e. The molecule has 0 aromatic heterocycles. The van der Waals surface area contributed by atoms with Gasteiger partial charge < -0.3 is 0 Å². The summed E-state index contributed by atoms with van der Waals surface area (Å²) in [6.45, 7) is 0. The lowest BCUT2D eigenvalue weighted by molar-refractivity contribution is 0.0974. The minimum atomic E-state index is 0.313. The van der Waals surface area contributed by atoms with Crippen molar-refractivity contribution in [1.29, 1.82) is 0 Å². The molecule has 2 aromatic carbocycles. The van der Waals surface area contributed by atoms with Crippen LogP contribution < -0.4 is 0 Å². The van der Waals surface area contributed by atoms with Gasteiger partial charge in [0.1, 0.15) is 0 Å². The Kier molecular flexibility index (Phi) is 1.84. The molecule has 0 atom stereocenters. The molecule has 74 valence electrons. The van der Waals surface area contributed by atoms with Crippen molar-refractivity contribution in [1.82, 2.24) is 0 Å². The van der Waals surface area contributed by atoms with E-state index in [1.54, 1.807) is 0 Å². The molecular weight excluding hydrogens is 184 g/mol. The van der Waals surface area contributed by atoms with Gasteiger partial charge in [-0.15, -0.1) is 0 Å². The standard InChI is InChI=1S/C14H12O/c15-13-7-3-5-11-9-8-10-4-1-2-6-12(10)14(11)13/h1-2,4,6,8-9H,3,5,7H2. The van der Waals surface area contributed by atoms with Gasteiger partial charge in [-0.2, -0.15) is 0 Å². The molecule has 0 aliphatic heterocycles. The van der Waals surface area contributed by atoms with Crippen LogP contribution in [-0.2, 0) is 6.42 Å². The van der Waals surface area contributed by atoms with Crippen LogP contribution in [0.4, 0.5) is 0 Å². The summed E-state index contributed by atoms with van der Waals surface area (Å²) in [6, 6.07) is 12.4. The average Bonchev–Trinajstić information content (AvgIpc) is 2.29. The number of carbonyl (C=O) groups is 1. The van der Waals surface area contributed by atoms with Crippen molar-refractivity contribution in [2.24, 2.45) is 0 Å². The zero-order valence-corrected chi connectivity index (χ0v) is 8.49. The third kappa shape index (κ3) is 1.27. The third-order valence-corrected chi connectivity index (χ3v) is 3.14. The van der Waals surface area contributed by atoms with Crippen LogP contribution in [0.5, 0.6) is 0 Å². The fourth-order valence-electron chi connectivity index (χ4n) is 2.42. The van der Waals surface area contributed by atoms with Gasteiger partial charge in [0.05, 0.1) is 0 Å². The molecule has 0 heterocycles. The molecule has 1 heteroatoms. The van der Waals surface area contributed by atoms with Crippen molar-refractivity contribution in [2.75, 3.05) is 0 Å². The van der Waals surface area contributed by atoms with Crippen LogP contribution in [0.1, 0.15) is 28.8 Å². The first-order chi connectivity index (χ1) is 7.36. The Labute approximate surface area is 88.7 Å². The van der Waals surface area contributed by atoms with Crippen LogP contribution in [0.25, 0.3) is 10.8 Å². The summed E-state index contributed by atoms with van der Waals surface area (Å²) >= 11 is 0. The SMILES string of the molecule is O=C1CCCc2ccc3ccccc3c21. The van der Waals surface area contributed by atoms with E-state index >= 15 is 0 Å². The van der Waals surface area contributed by atoms with E-state index in [9.17, 15) is 4.79 Å². The summed E-state index contributed by atoms with van der Waals surface area (Å²) in [5.41, 5.74) is 2.20. The fraction of sp³-hybridized carbons (Fsp3) is 0.214. The molecule has 0 spiro atoms. The normalized spacial score (nSPS) is 15.3. The minimum Gasteiger partial charge on any atom is -0.294 e. The third-order valence-electron chi connectivity index (χ3n) is 3.14. The summed E-state index contributed by atoms with van der Waals surface area (Å²) in [6.07, 6.45) is 2.76. The maximum absolute atomic E-state index is 11.9. The second-order valence-corrected chi connectivity index (χ2v) is 4.10. The predicted molar refractivity (Wildman–Crippen MR) is 61.2 cm³/mol. The van der Waals surface area contributed by atoms with Crippen LogP contribution in [0.2, 0.25) is 0 Å². The lowest BCUT2D eigenvalue weighted by Crippen LogP contribution is -2.11. The number of carbonyl (C=O) groups excluding carboxylic acids is 1. The van der Waals surface area contributed by atoms with E-state index in [1.807, 2.05) is 12.1 Å². The van der Waals surface area contributed by atoms with E-state index in [0.717, 1.165) is 23.8 Å². The molecule has 0 bridgehead atoms. The molecule has 1 aliphatic rings. The second-order valence-electron chi connectivity index (χ2n) is 4.10. The summed E-state index contributed by atoms with van der Waals surface area (Å²) in [5, 5.41) is 2.30. The van der Waals surface area contributed by atoms with Crippen LogP contribution in [0.3, 0.4) is 0 Å². The minimum absolute atomic E-state index is 0.313. The molecule has 0 saturated heterocycles. The lowest BCUT2D eigenvalue weighted by Gasteiger charge is -2.16.